The molecule has 7 nitrogen and oxygen atoms in total. The predicted molar refractivity (Wildman–Crippen MR) is 69.0 cm³/mol. The van der Waals surface area contributed by atoms with Crippen LogP contribution in [0.4, 0.5) is 0 Å². The molecular weight excluding hydrogens is 286 g/mol. The van der Waals surface area contributed by atoms with E-state index in [1.807, 2.05) is 0 Å². The lowest BCUT2D eigenvalue weighted by Gasteiger charge is -2.27. The lowest BCUT2D eigenvalue weighted by atomic mass is 9.93. The first-order chi connectivity index (χ1) is 9.31. The fourth-order valence-electron chi connectivity index (χ4n) is 2.35. The maximum Gasteiger partial charge on any atom is 0.371 e. The zero-order valence-corrected chi connectivity index (χ0v) is 11.8. The maximum absolute atomic E-state index is 12.2. The van der Waals surface area contributed by atoms with Crippen LogP contribution in [0.25, 0.3) is 0 Å². The van der Waals surface area contributed by atoms with Gasteiger partial charge in [-0.15, -0.1) is 0 Å². The first kappa shape index (κ1) is 15.0. The van der Waals surface area contributed by atoms with Crippen molar-refractivity contribution in [3.63, 3.8) is 0 Å². The third-order valence-corrected chi connectivity index (χ3v) is 5.01. The Hall–Kier alpha value is -1.38. The van der Waals surface area contributed by atoms with Gasteiger partial charge in [0.1, 0.15) is 10.7 Å². The van der Waals surface area contributed by atoms with E-state index in [-0.39, 0.29) is 10.7 Å². The zero-order valence-electron chi connectivity index (χ0n) is 11.0. The molecule has 0 spiro atoms. The molecule has 0 radical (unpaired) electrons. The Labute approximate surface area is 116 Å². The molecule has 0 aromatic carbocycles. The molecule has 0 bridgehead atoms. The standard InChI is InChI=1S/C12H17NO6S/c1-7-11(6-10(19-7)12(15)16)20(17,18)13-8-4-2-3-5-9(8)14/h6,8-9,13-14H,2-5H2,1H3,(H,15,16)/t8-,9-/m1/s1. The molecule has 0 saturated heterocycles. The van der Waals surface area contributed by atoms with Crippen LogP contribution in [0.2, 0.25) is 0 Å². The van der Waals surface area contributed by atoms with E-state index in [1.165, 1.54) is 6.92 Å². The van der Waals surface area contributed by atoms with Gasteiger partial charge >= 0.3 is 5.97 Å². The Morgan fingerprint density at radius 3 is 2.60 bits per heavy atom. The Bertz CT molecular complexity index is 605. The van der Waals surface area contributed by atoms with Crippen molar-refractivity contribution < 1.29 is 27.8 Å². The van der Waals surface area contributed by atoms with Gasteiger partial charge in [0.15, 0.2) is 0 Å². The van der Waals surface area contributed by atoms with E-state index in [9.17, 15) is 18.3 Å². The highest BCUT2D eigenvalue weighted by Gasteiger charge is 2.30. The highest BCUT2D eigenvalue weighted by atomic mass is 32.2. The van der Waals surface area contributed by atoms with Crippen LogP contribution in [-0.2, 0) is 10.0 Å². The third kappa shape index (κ3) is 3.02. The van der Waals surface area contributed by atoms with Crippen molar-refractivity contribution in [2.24, 2.45) is 0 Å². The van der Waals surface area contributed by atoms with E-state index >= 15 is 0 Å². The zero-order chi connectivity index (χ0) is 14.9. The molecule has 112 valence electrons. The first-order valence-corrected chi connectivity index (χ1v) is 7.83. The minimum Gasteiger partial charge on any atom is -0.475 e. The van der Waals surface area contributed by atoms with E-state index in [1.54, 1.807) is 0 Å². The largest absolute Gasteiger partial charge is 0.475 e. The number of furan rings is 1. The summed E-state index contributed by atoms with van der Waals surface area (Å²) < 4.78 is 31.8. The lowest BCUT2D eigenvalue weighted by molar-refractivity contribution is 0.0661. The smallest absolute Gasteiger partial charge is 0.371 e. The van der Waals surface area contributed by atoms with Crippen molar-refractivity contribution in [1.29, 1.82) is 0 Å². The van der Waals surface area contributed by atoms with E-state index < -0.39 is 33.9 Å². The average molecular weight is 303 g/mol. The number of hydrogen-bond donors (Lipinski definition) is 3. The van der Waals surface area contributed by atoms with Gasteiger partial charge in [-0.25, -0.2) is 17.9 Å². The second-order valence-corrected chi connectivity index (χ2v) is 6.60. The Balaban J connectivity index is 2.24. The Morgan fingerprint density at radius 1 is 1.40 bits per heavy atom. The molecule has 0 unspecified atom stereocenters. The number of carboxylic acid groups (broad SMARTS) is 1. The van der Waals surface area contributed by atoms with Crippen LogP contribution in [0.1, 0.15) is 42.0 Å². The van der Waals surface area contributed by atoms with Crippen LogP contribution >= 0.6 is 0 Å². The van der Waals surface area contributed by atoms with Crippen molar-refractivity contribution in [3.8, 4) is 0 Å². The fourth-order valence-corrected chi connectivity index (χ4v) is 3.83. The number of nitrogens with one attached hydrogen (secondary N) is 1. The van der Waals surface area contributed by atoms with Gasteiger partial charge in [0.25, 0.3) is 0 Å². The normalized spacial score (nSPS) is 23.7. The highest BCUT2D eigenvalue weighted by molar-refractivity contribution is 7.89. The molecule has 1 fully saturated rings. The summed E-state index contributed by atoms with van der Waals surface area (Å²) in [6, 6.07) is 0.436. The first-order valence-electron chi connectivity index (χ1n) is 6.35. The number of sulfonamides is 1. The van der Waals surface area contributed by atoms with Gasteiger partial charge in [-0.1, -0.05) is 12.8 Å². The minimum absolute atomic E-state index is 0.0141. The van der Waals surface area contributed by atoms with E-state index in [0.717, 1.165) is 18.9 Å². The molecule has 2 rings (SSSR count). The van der Waals surface area contributed by atoms with Crippen LogP contribution in [-0.4, -0.2) is 36.7 Å². The fraction of sp³-hybridized carbons (Fsp3) is 0.583. The van der Waals surface area contributed by atoms with E-state index in [2.05, 4.69) is 4.72 Å². The van der Waals surface area contributed by atoms with Gasteiger partial charge in [-0.2, -0.15) is 0 Å². The van der Waals surface area contributed by atoms with E-state index in [0.29, 0.717) is 12.8 Å². The average Bonchev–Trinajstić information content (AvgIpc) is 2.75. The van der Waals surface area contributed by atoms with Gasteiger partial charge in [-0.3, -0.25) is 0 Å². The second kappa shape index (κ2) is 5.55. The Kier molecular flexibility index (Phi) is 4.17. The summed E-state index contributed by atoms with van der Waals surface area (Å²) in [5.41, 5.74) is 0. The van der Waals surface area contributed by atoms with Crippen molar-refractivity contribution in [2.45, 2.75) is 49.6 Å². The monoisotopic (exact) mass is 303 g/mol. The van der Waals surface area contributed by atoms with Crippen LogP contribution in [0.15, 0.2) is 15.4 Å². The number of aryl methyl sites for hydroxylation is 1. The van der Waals surface area contributed by atoms with Gasteiger partial charge < -0.3 is 14.6 Å². The molecule has 0 aliphatic heterocycles. The molecule has 1 aliphatic rings. The summed E-state index contributed by atoms with van der Waals surface area (Å²) >= 11 is 0. The highest BCUT2D eigenvalue weighted by Crippen LogP contribution is 2.24. The molecule has 1 aromatic heterocycles. The number of aromatic carboxylic acids is 1. The minimum atomic E-state index is -3.90. The second-order valence-electron chi connectivity index (χ2n) is 4.92. The number of aliphatic hydroxyl groups excluding tert-OH is 1. The summed E-state index contributed by atoms with van der Waals surface area (Å²) in [4.78, 5) is 10.6. The SMILES string of the molecule is Cc1oc(C(=O)O)cc1S(=O)(=O)N[C@@H]1CCCC[C@H]1O. The van der Waals surface area contributed by atoms with Gasteiger partial charge in [0.05, 0.1) is 6.10 Å². The topological polar surface area (TPSA) is 117 Å². The van der Waals surface area contributed by atoms with Crippen LogP contribution in [0.3, 0.4) is 0 Å². The molecule has 0 amide bonds. The van der Waals surface area contributed by atoms with Gasteiger partial charge in [0, 0.05) is 12.1 Å². The molecule has 1 saturated carbocycles. The predicted octanol–water partition coefficient (Wildman–Crippen LogP) is 0.868. The summed E-state index contributed by atoms with van der Waals surface area (Å²) in [5.74, 6) is -1.74. The molecule has 1 heterocycles. The van der Waals surface area contributed by atoms with Crippen LogP contribution in [0, 0.1) is 6.92 Å². The molecule has 1 aromatic rings. The summed E-state index contributed by atoms with van der Waals surface area (Å²) in [5, 5.41) is 18.6. The van der Waals surface area contributed by atoms with Crippen molar-refractivity contribution in [2.75, 3.05) is 0 Å². The summed E-state index contributed by atoms with van der Waals surface area (Å²) in [6.07, 6.45) is 2.10. The van der Waals surface area contributed by atoms with Crippen molar-refractivity contribution >= 4 is 16.0 Å². The summed E-state index contributed by atoms with van der Waals surface area (Å²) in [6.45, 7) is 1.39. The van der Waals surface area contributed by atoms with Crippen molar-refractivity contribution in [3.05, 3.63) is 17.6 Å². The molecule has 2 atom stereocenters. The molecule has 8 heteroatoms. The van der Waals surface area contributed by atoms with Gasteiger partial charge in [0.2, 0.25) is 15.8 Å². The lowest BCUT2D eigenvalue weighted by Crippen LogP contribution is -2.45. The number of carbonyl (C=O) groups is 1. The van der Waals surface area contributed by atoms with Crippen molar-refractivity contribution in [1.82, 2.24) is 4.72 Å². The number of rotatable bonds is 4. The maximum atomic E-state index is 12.2. The third-order valence-electron chi connectivity index (χ3n) is 3.41. The molecule has 20 heavy (non-hydrogen) atoms. The van der Waals surface area contributed by atoms with Gasteiger partial charge in [-0.05, 0) is 19.8 Å². The summed E-state index contributed by atoms with van der Waals surface area (Å²) in [7, 11) is -3.90. The molecule has 1 aliphatic carbocycles. The van der Waals surface area contributed by atoms with Crippen LogP contribution in [0.5, 0.6) is 0 Å². The molecular formula is C12H17NO6S. The number of aliphatic hydroxyl groups is 1. The number of hydrogen-bond acceptors (Lipinski definition) is 5. The van der Waals surface area contributed by atoms with E-state index in [4.69, 9.17) is 9.52 Å². The van der Waals surface area contributed by atoms with Crippen LogP contribution < -0.4 is 4.72 Å². The molecule has 3 N–H and O–H groups in total. The number of carboxylic acids is 1. The Morgan fingerprint density at radius 2 is 2.05 bits per heavy atom. The quantitative estimate of drug-likeness (QED) is 0.759.